The maximum Gasteiger partial charge on any atom is 0.282 e. The lowest BCUT2D eigenvalue weighted by Gasteiger charge is -2.31. The van der Waals surface area contributed by atoms with Crippen LogP contribution in [0.15, 0.2) is 29.2 Å². The number of benzene rings is 1. The molecule has 1 aliphatic carbocycles. The van der Waals surface area contributed by atoms with Gasteiger partial charge in [0.05, 0.1) is 9.82 Å². The van der Waals surface area contributed by atoms with Gasteiger partial charge in [0.15, 0.2) is 0 Å². The molecule has 1 saturated carbocycles. The zero-order chi connectivity index (χ0) is 15.5. The summed E-state index contributed by atoms with van der Waals surface area (Å²) in [5, 5.41) is 15.2. The van der Waals surface area contributed by atoms with Gasteiger partial charge in [-0.05, 0) is 37.3 Å². The number of hydrogen-bond acceptors (Lipinski definition) is 4. The van der Waals surface area contributed by atoms with Gasteiger partial charge in [-0.1, -0.05) is 32.9 Å². The second-order valence-electron chi connectivity index (χ2n) is 6.34. The van der Waals surface area contributed by atoms with Gasteiger partial charge < -0.3 is 5.32 Å². The van der Waals surface area contributed by atoms with E-state index in [2.05, 4.69) is 26.1 Å². The van der Waals surface area contributed by atoms with Crippen LogP contribution in [0.25, 0.3) is 0 Å². The van der Waals surface area contributed by atoms with E-state index in [1.807, 2.05) is 12.1 Å². The van der Waals surface area contributed by atoms with E-state index in [0.29, 0.717) is 11.3 Å². The smallest absolute Gasteiger partial charge is 0.282 e. The molecule has 0 aliphatic heterocycles. The number of nitrogens with one attached hydrogen (secondary N) is 1. The zero-order valence-corrected chi connectivity index (χ0v) is 13.8. The van der Waals surface area contributed by atoms with Gasteiger partial charge in [-0.25, -0.2) is 0 Å². The lowest BCUT2D eigenvalue weighted by Crippen LogP contribution is -2.43. The number of nitrogens with zero attached hydrogens (tertiary/aromatic N) is 1. The first-order valence-corrected chi connectivity index (χ1v) is 8.47. The molecule has 4 nitrogen and oxygen atoms in total. The van der Waals surface area contributed by atoms with Crippen molar-refractivity contribution in [3.05, 3.63) is 34.4 Å². The third-order valence-corrected chi connectivity index (χ3v) is 5.65. The Kier molecular flexibility index (Phi) is 5.27. The topological polar surface area (TPSA) is 55.2 Å². The summed E-state index contributed by atoms with van der Waals surface area (Å²) in [6.07, 6.45) is 3.37. The lowest BCUT2D eigenvalue weighted by atomic mass is 9.87. The van der Waals surface area contributed by atoms with Gasteiger partial charge in [0.1, 0.15) is 0 Å². The molecule has 0 saturated heterocycles. The van der Waals surface area contributed by atoms with E-state index in [9.17, 15) is 10.1 Å². The summed E-state index contributed by atoms with van der Waals surface area (Å²) in [4.78, 5) is 11.7. The third-order valence-electron chi connectivity index (χ3n) is 4.24. The summed E-state index contributed by atoms with van der Waals surface area (Å²) < 4.78 is 0. The van der Waals surface area contributed by atoms with Crippen molar-refractivity contribution >= 4 is 17.4 Å². The van der Waals surface area contributed by atoms with Crippen LogP contribution >= 0.6 is 11.8 Å². The van der Waals surface area contributed by atoms with Crippen LogP contribution in [0.3, 0.4) is 0 Å². The average Bonchev–Trinajstić information content (AvgIpc) is 2.72. The molecule has 1 aromatic rings. The summed E-state index contributed by atoms with van der Waals surface area (Å²) in [6, 6.07) is 7.47. The monoisotopic (exact) mass is 308 g/mol. The molecule has 0 heterocycles. The van der Waals surface area contributed by atoms with Crippen LogP contribution in [0.5, 0.6) is 0 Å². The van der Waals surface area contributed by atoms with E-state index in [1.54, 1.807) is 23.9 Å². The molecule has 0 bridgehead atoms. The van der Waals surface area contributed by atoms with E-state index in [1.165, 1.54) is 0 Å². The van der Waals surface area contributed by atoms with Gasteiger partial charge in [-0.15, -0.1) is 11.8 Å². The van der Waals surface area contributed by atoms with Crippen molar-refractivity contribution in [1.82, 2.24) is 5.32 Å². The largest absolute Gasteiger partial charge is 0.312 e. The molecule has 1 N–H and O–H groups in total. The number of nitro benzene ring substituents is 1. The summed E-state index contributed by atoms with van der Waals surface area (Å²) in [7, 11) is 0. The Morgan fingerprint density at radius 2 is 2.14 bits per heavy atom. The number of nitro groups is 1. The molecule has 0 amide bonds. The highest BCUT2D eigenvalue weighted by molar-refractivity contribution is 8.00. The minimum absolute atomic E-state index is 0.224. The minimum Gasteiger partial charge on any atom is -0.312 e. The molecule has 0 spiro atoms. The van der Waals surface area contributed by atoms with Crippen LogP contribution in [-0.2, 0) is 0 Å². The molecule has 116 valence electrons. The van der Waals surface area contributed by atoms with Gasteiger partial charge in [-0.2, -0.15) is 0 Å². The fraction of sp³-hybridized carbons (Fsp3) is 0.625. The Balaban J connectivity index is 2.16. The molecule has 2 unspecified atom stereocenters. The Bertz CT molecular complexity index is 505. The van der Waals surface area contributed by atoms with Crippen molar-refractivity contribution in [2.45, 2.75) is 56.2 Å². The maximum absolute atomic E-state index is 11.2. The van der Waals surface area contributed by atoms with Crippen molar-refractivity contribution in [2.75, 3.05) is 6.54 Å². The quantitative estimate of drug-likeness (QED) is 0.630. The molecular weight excluding hydrogens is 284 g/mol. The van der Waals surface area contributed by atoms with Crippen molar-refractivity contribution in [2.24, 2.45) is 5.41 Å². The number of para-hydroxylation sites is 1. The van der Waals surface area contributed by atoms with Crippen LogP contribution in [0, 0.1) is 15.5 Å². The summed E-state index contributed by atoms with van der Waals surface area (Å²) in [6.45, 7) is 7.75. The third kappa shape index (κ3) is 3.77. The Labute approximate surface area is 130 Å². The normalized spacial score (nSPS) is 24.1. The second kappa shape index (κ2) is 6.79. The fourth-order valence-corrected chi connectivity index (χ4v) is 4.63. The SMILES string of the molecule is CCCNC1C(Sc2ccccc2[N+](=O)[O-])CCC1(C)C. The first-order valence-electron chi connectivity index (χ1n) is 7.59. The highest BCUT2D eigenvalue weighted by atomic mass is 32.2. The zero-order valence-electron chi connectivity index (χ0n) is 13.0. The molecule has 5 heteroatoms. The Hall–Kier alpha value is -1.07. The Morgan fingerprint density at radius 1 is 1.43 bits per heavy atom. The minimum atomic E-state index is -0.281. The second-order valence-corrected chi connectivity index (χ2v) is 7.62. The van der Waals surface area contributed by atoms with Crippen molar-refractivity contribution in [1.29, 1.82) is 0 Å². The molecule has 2 rings (SSSR count). The molecule has 21 heavy (non-hydrogen) atoms. The number of hydrogen-bond donors (Lipinski definition) is 1. The number of rotatable bonds is 6. The standard InChI is InChI=1S/C16H24N2O2S/c1-4-11-17-15-14(9-10-16(15,2)3)21-13-8-6-5-7-12(13)18(19)20/h5-8,14-15,17H,4,9-11H2,1-3H3. The molecule has 1 aromatic carbocycles. The van der Waals surface area contributed by atoms with E-state index < -0.39 is 0 Å². The lowest BCUT2D eigenvalue weighted by molar-refractivity contribution is -0.387. The van der Waals surface area contributed by atoms with Gasteiger partial charge in [0, 0.05) is 17.4 Å². The van der Waals surface area contributed by atoms with Crippen LogP contribution in [0.4, 0.5) is 5.69 Å². The van der Waals surface area contributed by atoms with Gasteiger partial charge in [0.2, 0.25) is 0 Å². The van der Waals surface area contributed by atoms with Crippen molar-refractivity contribution < 1.29 is 4.92 Å². The van der Waals surface area contributed by atoms with Crippen molar-refractivity contribution in [3.63, 3.8) is 0 Å². The highest BCUT2D eigenvalue weighted by Gasteiger charge is 2.42. The predicted octanol–water partition coefficient (Wildman–Crippen LogP) is 4.24. The van der Waals surface area contributed by atoms with Gasteiger partial charge in [0.25, 0.3) is 5.69 Å². The maximum atomic E-state index is 11.2. The Morgan fingerprint density at radius 3 is 2.81 bits per heavy atom. The molecule has 1 fully saturated rings. The van der Waals surface area contributed by atoms with Gasteiger partial charge >= 0.3 is 0 Å². The van der Waals surface area contributed by atoms with E-state index >= 15 is 0 Å². The van der Waals surface area contributed by atoms with E-state index in [0.717, 1.165) is 30.7 Å². The molecule has 0 radical (unpaired) electrons. The molecule has 1 aliphatic rings. The highest BCUT2D eigenvalue weighted by Crippen LogP contribution is 2.46. The summed E-state index contributed by atoms with van der Waals surface area (Å²) in [5.41, 5.74) is 0.470. The summed E-state index contributed by atoms with van der Waals surface area (Å²) >= 11 is 1.66. The first kappa shape index (κ1) is 16.3. The first-order chi connectivity index (χ1) is 9.95. The molecule has 0 aromatic heterocycles. The average molecular weight is 308 g/mol. The van der Waals surface area contributed by atoms with Crippen LogP contribution < -0.4 is 5.32 Å². The van der Waals surface area contributed by atoms with Crippen molar-refractivity contribution in [3.8, 4) is 0 Å². The number of thioether (sulfide) groups is 1. The fourth-order valence-electron chi connectivity index (χ4n) is 3.04. The molecule has 2 atom stereocenters. The summed E-state index contributed by atoms with van der Waals surface area (Å²) in [5.74, 6) is 0. The van der Waals surface area contributed by atoms with Crippen LogP contribution in [0.2, 0.25) is 0 Å². The van der Waals surface area contributed by atoms with Gasteiger partial charge in [-0.3, -0.25) is 10.1 Å². The van der Waals surface area contributed by atoms with Crippen LogP contribution in [0.1, 0.15) is 40.0 Å². The van der Waals surface area contributed by atoms with Crippen LogP contribution in [-0.4, -0.2) is 22.8 Å². The predicted molar refractivity (Wildman–Crippen MR) is 87.8 cm³/mol. The molecular formula is C16H24N2O2S. The van der Waals surface area contributed by atoms with E-state index in [-0.39, 0.29) is 16.0 Å². The van der Waals surface area contributed by atoms with E-state index in [4.69, 9.17) is 0 Å².